The fourth-order valence-corrected chi connectivity index (χ4v) is 2.86. The van der Waals surface area contributed by atoms with Crippen LogP contribution >= 0.6 is 23.4 Å². The summed E-state index contributed by atoms with van der Waals surface area (Å²) in [5.74, 6) is -0.142. The second kappa shape index (κ2) is 11.4. The molecule has 1 heterocycles. The Balaban J connectivity index is 2.01. The van der Waals surface area contributed by atoms with Crippen molar-refractivity contribution >= 4 is 29.3 Å². The van der Waals surface area contributed by atoms with Crippen LogP contribution in [0.4, 0.5) is 0 Å². The highest BCUT2D eigenvalue weighted by Crippen LogP contribution is 2.22. The zero-order valence-electron chi connectivity index (χ0n) is 15.5. The largest absolute Gasteiger partial charge is 0.459 e. The number of hydrogen-bond donors (Lipinski definition) is 1. The van der Waals surface area contributed by atoms with Crippen LogP contribution in [0, 0.1) is 11.3 Å². The Bertz CT molecular complexity index is 859. The summed E-state index contributed by atoms with van der Waals surface area (Å²) < 4.78 is 15.5. The van der Waals surface area contributed by atoms with Crippen molar-refractivity contribution in [2.45, 2.75) is 13.5 Å². The normalized spacial score (nSPS) is 11.5. The Morgan fingerprint density at radius 2 is 2.11 bits per heavy atom. The van der Waals surface area contributed by atoms with Gasteiger partial charge in [0, 0.05) is 23.3 Å². The van der Waals surface area contributed by atoms with Crippen molar-refractivity contribution in [3.05, 3.63) is 51.7 Å². The lowest BCUT2D eigenvalue weighted by molar-refractivity contribution is -0.140. The Kier molecular flexibility index (Phi) is 8.88. The first kappa shape index (κ1) is 21.8. The first-order valence-corrected chi connectivity index (χ1v) is 10.1. The van der Waals surface area contributed by atoms with Crippen LogP contribution in [0.5, 0.6) is 0 Å². The van der Waals surface area contributed by atoms with Crippen LogP contribution < -0.4 is 5.32 Å². The van der Waals surface area contributed by atoms with Gasteiger partial charge in [0.05, 0.1) is 18.2 Å². The fourth-order valence-electron chi connectivity index (χ4n) is 2.18. The maximum atomic E-state index is 12.1. The molecule has 0 aliphatic carbocycles. The summed E-state index contributed by atoms with van der Waals surface area (Å²) in [6.07, 6.45) is 1.76. The first-order valence-electron chi connectivity index (χ1n) is 8.47. The van der Waals surface area contributed by atoms with Gasteiger partial charge in [-0.25, -0.2) is 4.79 Å². The lowest BCUT2D eigenvalue weighted by Gasteiger charge is -2.10. The van der Waals surface area contributed by atoms with E-state index in [1.54, 1.807) is 24.5 Å². The third-order valence-electron chi connectivity index (χ3n) is 3.53. The van der Waals surface area contributed by atoms with Crippen LogP contribution in [0.2, 0.25) is 5.02 Å². The van der Waals surface area contributed by atoms with E-state index in [9.17, 15) is 10.1 Å². The van der Waals surface area contributed by atoms with E-state index in [0.717, 1.165) is 5.56 Å². The van der Waals surface area contributed by atoms with Crippen LogP contribution in [0.15, 0.2) is 45.5 Å². The Morgan fingerprint density at radius 3 is 2.75 bits per heavy atom. The molecular weight excluding hydrogens is 402 g/mol. The highest BCUT2D eigenvalue weighted by molar-refractivity contribution is 8.02. The number of esters is 1. The van der Waals surface area contributed by atoms with Gasteiger partial charge in [0.25, 0.3) is 0 Å². The molecule has 28 heavy (non-hydrogen) atoms. The molecule has 148 valence electrons. The molecule has 0 aliphatic rings. The highest BCUT2D eigenvalue weighted by Gasteiger charge is 2.17. The second-order valence-electron chi connectivity index (χ2n) is 5.39. The number of nitrogens with zero attached hydrogens (tertiary/aromatic N) is 2. The van der Waals surface area contributed by atoms with Crippen molar-refractivity contribution in [3.63, 3.8) is 0 Å². The van der Waals surface area contributed by atoms with Crippen molar-refractivity contribution in [1.82, 2.24) is 10.5 Å². The minimum absolute atomic E-state index is 0.0894. The summed E-state index contributed by atoms with van der Waals surface area (Å²) in [6.45, 7) is 3.01. The molecule has 9 heteroatoms. The molecular formula is C19H20ClN3O4S. The molecule has 0 unspecified atom stereocenters. The predicted octanol–water partition coefficient (Wildman–Crippen LogP) is 3.76. The van der Waals surface area contributed by atoms with Crippen molar-refractivity contribution in [3.8, 4) is 17.3 Å². The molecule has 0 saturated carbocycles. The Labute approximate surface area is 172 Å². The molecule has 0 bridgehead atoms. The summed E-state index contributed by atoms with van der Waals surface area (Å²) in [6, 6.07) is 10.9. The number of thioether (sulfide) groups is 1. The molecule has 0 fully saturated rings. The molecule has 7 nitrogen and oxygen atoms in total. The van der Waals surface area contributed by atoms with Crippen LogP contribution in [0.1, 0.15) is 12.7 Å². The molecule has 0 radical (unpaired) electrons. The van der Waals surface area contributed by atoms with Gasteiger partial charge in [-0.1, -0.05) is 28.9 Å². The van der Waals surface area contributed by atoms with Gasteiger partial charge in [0.2, 0.25) is 0 Å². The molecule has 0 atom stereocenters. The Morgan fingerprint density at radius 1 is 1.36 bits per heavy atom. The number of carbonyl (C=O) groups is 1. The summed E-state index contributed by atoms with van der Waals surface area (Å²) >= 11 is 7.12. The average Bonchev–Trinajstić information content (AvgIpc) is 3.18. The number of nitriles is 1. The van der Waals surface area contributed by atoms with E-state index in [4.69, 9.17) is 25.6 Å². The van der Waals surface area contributed by atoms with Gasteiger partial charge < -0.3 is 19.3 Å². The molecule has 0 saturated heterocycles. The first-order chi connectivity index (χ1) is 13.6. The SMILES string of the molecule is CCOCCOC(=O)/C(C#N)=C(\NCc1cc(-c2ccc(Cl)cc2)no1)SC. The van der Waals surface area contributed by atoms with Gasteiger partial charge >= 0.3 is 5.97 Å². The lowest BCUT2D eigenvalue weighted by Crippen LogP contribution is -2.18. The number of rotatable bonds is 10. The zero-order chi connectivity index (χ0) is 20.4. The summed E-state index contributed by atoms with van der Waals surface area (Å²) in [7, 11) is 0. The molecule has 1 aromatic heterocycles. The second-order valence-corrected chi connectivity index (χ2v) is 6.64. The van der Waals surface area contributed by atoms with Gasteiger partial charge in [-0.2, -0.15) is 5.26 Å². The Hall–Kier alpha value is -2.47. The van der Waals surface area contributed by atoms with Gasteiger partial charge in [-0.05, 0) is 25.3 Å². The van der Waals surface area contributed by atoms with Gasteiger partial charge in [0.1, 0.15) is 18.4 Å². The van der Waals surface area contributed by atoms with Crippen molar-refractivity contribution in [1.29, 1.82) is 5.26 Å². The van der Waals surface area contributed by atoms with E-state index in [0.29, 0.717) is 28.1 Å². The molecule has 1 aromatic carbocycles. The minimum atomic E-state index is -0.696. The standard InChI is InChI=1S/C19H20ClN3O4S/c1-3-25-8-9-26-19(24)16(11-21)18(28-2)22-12-15-10-17(23-27-15)13-4-6-14(20)7-5-13/h4-7,10,22H,3,8-9,12H2,1-2H3/b18-16+. The van der Waals surface area contributed by atoms with Gasteiger partial charge in [0.15, 0.2) is 11.3 Å². The molecule has 2 rings (SSSR count). The van der Waals surface area contributed by atoms with Crippen LogP contribution in [-0.2, 0) is 20.8 Å². The molecule has 2 aromatic rings. The van der Waals surface area contributed by atoms with Crippen molar-refractivity contribution < 1.29 is 18.8 Å². The number of benzene rings is 1. The quantitative estimate of drug-likeness (QED) is 0.268. The molecule has 1 N–H and O–H groups in total. The van der Waals surface area contributed by atoms with Gasteiger partial charge in [-0.15, -0.1) is 11.8 Å². The minimum Gasteiger partial charge on any atom is -0.459 e. The van der Waals surface area contributed by atoms with E-state index in [1.807, 2.05) is 25.1 Å². The highest BCUT2D eigenvalue weighted by atomic mass is 35.5. The topological polar surface area (TPSA) is 97.4 Å². The molecule has 0 spiro atoms. The fraction of sp³-hybridized carbons (Fsp3) is 0.316. The smallest absolute Gasteiger partial charge is 0.351 e. The number of carbonyl (C=O) groups excluding carboxylic acids is 1. The number of hydrogen-bond acceptors (Lipinski definition) is 8. The predicted molar refractivity (Wildman–Crippen MR) is 107 cm³/mol. The van der Waals surface area contributed by atoms with E-state index >= 15 is 0 Å². The maximum absolute atomic E-state index is 12.1. The zero-order valence-corrected chi connectivity index (χ0v) is 17.1. The van der Waals surface area contributed by atoms with Gasteiger partial charge in [-0.3, -0.25) is 0 Å². The van der Waals surface area contributed by atoms with E-state index in [1.165, 1.54) is 11.8 Å². The van der Waals surface area contributed by atoms with E-state index < -0.39 is 5.97 Å². The molecule has 0 amide bonds. The van der Waals surface area contributed by atoms with Crippen LogP contribution in [0.25, 0.3) is 11.3 Å². The van der Waals surface area contributed by atoms with E-state index in [-0.39, 0.29) is 25.3 Å². The third-order valence-corrected chi connectivity index (χ3v) is 4.54. The molecule has 0 aliphatic heterocycles. The summed E-state index contributed by atoms with van der Waals surface area (Å²) in [5, 5.41) is 17.4. The maximum Gasteiger partial charge on any atom is 0.351 e. The lowest BCUT2D eigenvalue weighted by atomic mass is 10.1. The summed E-state index contributed by atoms with van der Waals surface area (Å²) in [4.78, 5) is 12.1. The van der Waals surface area contributed by atoms with Crippen molar-refractivity contribution in [2.75, 3.05) is 26.1 Å². The van der Waals surface area contributed by atoms with Crippen LogP contribution in [0.3, 0.4) is 0 Å². The monoisotopic (exact) mass is 421 g/mol. The number of aromatic nitrogens is 1. The summed E-state index contributed by atoms with van der Waals surface area (Å²) in [5.41, 5.74) is 1.44. The number of ether oxygens (including phenoxy) is 2. The average molecular weight is 422 g/mol. The number of nitrogens with one attached hydrogen (secondary N) is 1. The number of halogens is 1. The van der Waals surface area contributed by atoms with Crippen LogP contribution in [-0.4, -0.2) is 37.2 Å². The van der Waals surface area contributed by atoms with Crippen molar-refractivity contribution in [2.24, 2.45) is 0 Å². The van der Waals surface area contributed by atoms with E-state index in [2.05, 4.69) is 10.5 Å². The third kappa shape index (κ3) is 6.30.